The molecule has 1 aliphatic rings. The molecule has 13 heavy (non-hydrogen) atoms. The van der Waals surface area contributed by atoms with Crippen LogP contribution in [0.25, 0.3) is 0 Å². The Kier molecular flexibility index (Phi) is 8.32. The minimum Gasteiger partial charge on any atom is -0.313 e. The first kappa shape index (κ1) is 13.6. The Morgan fingerprint density at radius 1 is 1.38 bits per heavy atom. The van der Waals surface area contributed by atoms with Crippen molar-refractivity contribution in [2.45, 2.75) is 39.2 Å². The molecule has 1 nitrogen and oxygen atoms in total. The molecule has 0 aromatic rings. The van der Waals surface area contributed by atoms with E-state index in [1.807, 2.05) is 0 Å². The minimum atomic E-state index is 0. The Morgan fingerprint density at radius 3 is 2.69 bits per heavy atom. The van der Waals surface area contributed by atoms with Gasteiger partial charge in [-0.05, 0) is 31.1 Å². The maximum absolute atomic E-state index is 3.57. The molecule has 1 atom stereocenters. The molecular formula is C10H22ClNS. The van der Waals surface area contributed by atoms with Crippen molar-refractivity contribution in [2.75, 3.05) is 18.1 Å². The van der Waals surface area contributed by atoms with E-state index < -0.39 is 0 Å². The number of hydrogen-bond donors (Lipinski definition) is 1. The molecular weight excluding hydrogens is 202 g/mol. The van der Waals surface area contributed by atoms with Gasteiger partial charge in [-0.25, -0.2) is 0 Å². The average Bonchev–Trinajstić information content (AvgIpc) is 2.05. The molecule has 0 bridgehead atoms. The fourth-order valence-corrected chi connectivity index (χ4v) is 2.69. The van der Waals surface area contributed by atoms with E-state index in [4.69, 9.17) is 0 Å². The van der Waals surface area contributed by atoms with E-state index in [1.165, 1.54) is 37.3 Å². The maximum Gasteiger partial charge on any atom is 0.0158 e. The van der Waals surface area contributed by atoms with E-state index in [9.17, 15) is 0 Å². The van der Waals surface area contributed by atoms with Gasteiger partial charge in [0, 0.05) is 11.8 Å². The summed E-state index contributed by atoms with van der Waals surface area (Å²) in [5.41, 5.74) is 0. The highest BCUT2D eigenvalue weighted by molar-refractivity contribution is 7.99. The van der Waals surface area contributed by atoms with Crippen LogP contribution in [-0.4, -0.2) is 24.1 Å². The molecule has 1 unspecified atom stereocenters. The summed E-state index contributed by atoms with van der Waals surface area (Å²) < 4.78 is 0. The molecule has 0 spiro atoms. The molecule has 0 amide bonds. The summed E-state index contributed by atoms with van der Waals surface area (Å²) in [4.78, 5) is 0. The van der Waals surface area contributed by atoms with Crippen LogP contribution in [0.4, 0.5) is 0 Å². The van der Waals surface area contributed by atoms with Gasteiger partial charge in [0.25, 0.3) is 0 Å². The summed E-state index contributed by atoms with van der Waals surface area (Å²) in [7, 11) is 0. The number of halogens is 1. The van der Waals surface area contributed by atoms with Gasteiger partial charge in [-0.3, -0.25) is 0 Å². The lowest BCUT2D eigenvalue weighted by Crippen LogP contribution is -2.35. The topological polar surface area (TPSA) is 12.0 Å². The molecule has 0 saturated carbocycles. The Morgan fingerprint density at radius 2 is 2.15 bits per heavy atom. The highest BCUT2D eigenvalue weighted by atomic mass is 35.5. The fraction of sp³-hybridized carbons (Fsp3) is 1.00. The zero-order chi connectivity index (χ0) is 8.81. The second-order valence-electron chi connectivity index (χ2n) is 4.08. The summed E-state index contributed by atoms with van der Waals surface area (Å²) >= 11 is 2.11. The first-order chi connectivity index (χ1) is 5.79. The third kappa shape index (κ3) is 6.64. The quantitative estimate of drug-likeness (QED) is 0.787. The van der Waals surface area contributed by atoms with Crippen LogP contribution < -0.4 is 5.32 Å². The van der Waals surface area contributed by atoms with Gasteiger partial charge in [0.1, 0.15) is 0 Å². The Hall–Kier alpha value is 0.600. The number of hydrogen-bond acceptors (Lipinski definition) is 2. The third-order valence-electron chi connectivity index (χ3n) is 2.18. The Labute approximate surface area is 92.8 Å². The minimum absolute atomic E-state index is 0. The van der Waals surface area contributed by atoms with Gasteiger partial charge >= 0.3 is 0 Å². The second-order valence-corrected chi connectivity index (χ2v) is 5.15. The van der Waals surface area contributed by atoms with Gasteiger partial charge in [-0.15, -0.1) is 12.4 Å². The maximum atomic E-state index is 3.57. The van der Waals surface area contributed by atoms with E-state index in [0.29, 0.717) is 0 Å². The lowest BCUT2D eigenvalue weighted by atomic mass is 10.1. The monoisotopic (exact) mass is 223 g/mol. The lowest BCUT2D eigenvalue weighted by Gasteiger charge is -2.23. The Bertz CT molecular complexity index is 113. The molecule has 3 heteroatoms. The van der Waals surface area contributed by atoms with Crippen LogP contribution in [0.2, 0.25) is 0 Å². The van der Waals surface area contributed by atoms with E-state index in [0.717, 1.165) is 12.0 Å². The molecule has 1 aliphatic heterocycles. The first-order valence-corrected chi connectivity index (χ1v) is 6.25. The van der Waals surface area contributed by atoms with Gasteiger partial charge in [0.15, 0.2) is 0 Å². The van der Waals surface area contributed by atoms with Crippen molar-refractivity contribution >= 4 is 24.2 Å². The summed E-state index contributed by atoms with van der Waals surface area (Å²) in [5, 5.41) is 3.57. The Balaban J connectivity index is 0.00000144. The fourth-order valence-electron chi connectivity index (χ4n) is 1.51. The summed E-state index contributed by atoms with van der Waals surface area (Å²) in [6.45, 7) is 5.83. The molecule has 80 valence electrons. The molecule has 0 aromatic carbocycles. The molecule has 0 aliphatic carbocycles. The van der Waals surface area contributed by atoms with Gasteiger partial charge < -0.3 is 5.32 Å². The van der Waals surface area contributed by atoms with Gasteiger partial charge in [-0.1, -0.05) is 20.3 Å². The zero-order valence-corrected chi connectivity index (χ0v) is 10.3. The van der Waals surface area contributed by atoms with E-state index in [2.05, 4.69) is 30.9 Å². The van der Waals surface area contributed by atoms with Crippen LogP contribution in [0, 0.1) is 5.92 Å². The molecule has 1 fully saturated rings. The van der Waals surface area contributed by atoms with Gasteiger partial charge in [-0.2, -0.15) is 11.8 Å². The van der Waals surface area contributed by atoms with Crippen LogP contribution in [0.15, 0.2) is 0 Å². The van der Waals surface area contributed by atoms with Crippen LogP contribution in [0.1, 0.15) is 33.1 Å². The molecule has 1 heterocycles. The number of thioether (sulfide) groups is 1. The predicted octanol–water partition coefficient (Wildman–Crippen LogP) is 2.94. The van der Waals surface area contributed by atoms with Gasteiger partial charge in [0.2, 0.25) is 0 Å². The SMILES string of the molecule is CC(C)CSCC1CCCCN1.Cl. The van der Waals surface area contributed by atoms with Gasteiger partial charge in [0.05, 0.1) is 0 Å². The number of nitrogens with one attached hydrogen (secondary N) is 1. The molecule has 1 saturated heterocycles. The molecule has 0 radical (unpaired) electrons. The highest BCUT2D eigenvalue weighted by Crippen LogP contribution is 2.14. The van der Waals surface area contributed by atoms with E-state index in [1.54, 1.807) is 0 Å². The van der Waals surface area contributed by atoms with Crippen LogP contribution in [0.5, 0.6) is 0 Å². The first-order valence-electron chi connectivity index (χ1n) is 5.10. The number of rotatable bonds is 4. The zero-order valence-electron chi connectivity index (χ0n) is 8.71. The van der Waals surface area contributed by atoms with Crippen LogP contribution in [-0.2, 0) is 0 Å². The largest absolute Gasteiger partial charge is 0.313 e. The lowest BCUT2D eigenvalue weighted by molar-refractivity contribution is 0.429. The molecule has 1 N–H and O–H groups in total. The summed E-state index contributed by atoms with van der Waals surface area (Å²) in [6.07, 6.45) is 4.20. The predicted molar refractivity (Wildman–Crippen MR) is 65.1 cm³/mol. The van der Waals surface area contributed by atoms with Crippen molar-refractivity contribution in [3.8, 4) is 0 Å². The third-order valence-corrected chi connectivity index (χ3v) is 3.72. The van der Waals surface area contributed by atoms with Crippen molar-refractivity contribution in [3.05, 3.63) is 0 Å². The van der Waals surface area contributed by atoms with Crippen molar-refractivity contribution < 1.29 is 0 Å². The smallest absolute Gasteiger partial charge is 0.0158 e. The highest BCUT2D eigenvalue weighted by Gasteiger charge is 2.11. The molecule has 0 aromatic heterocycles. The van der Waals surface area contributed by atoms with Crippen molar-refractivity contribution in [1.82, 2.24) is 5.32 Å². The van der Waals surface area contributed by atoms with Crippen LogP contribution in [0.3, 0.4) is 0 Å². The second kappa shape index (κ2) is 7.95. The summed E-state index contributed by atoms with van der Waals surface area (Å²) in [5.74, 6) is 3.48. The summed E-state index contributed by atoms with van der Waals surface area (Å²) in [6, 6.07) is 0.808. The van der Waals surface area contributed by atoms with Crippen molar-refractivity contribution in [2.24, 2.45) is 5.92 Å². The normalized spacial score (nSPS) is 22.8. The van der Waals surface area contributed by atoms with E-state index >= 15 is 0 Å². The van der Waals surface area contributed by atoms with Crippen molar-refractivity contribution in [1.29, 1.82) is 0 Å². The van der Waals surface area contributed by atoms with Crippen molar-refractivity contribution in [3.63, 3.8) is 0 Å². The van der Waals surface area contributed by atoms with E-state index in [-0.39, 0.29) is 12.4 Å². The molecule has 1 rings (SSSR count). The van der Waals surface area contributed by atoms with Crippen LogP contribution >= 0.6 is 24.2 Å². The standard InChI is InChI=1S/C10H21NS.ClH/c1-9(2)7-12-8-10-5-3-4-6-11-10;/h9-11H,3-8H2,1-2H3;1H. The average molecular weight is 224 g/mol. The number of piperidine rings is 1.